The van der Waals surface area contributed by atoms with Crippen LogP contribution in [0.5, 0.6) is 0 Å². The van der Waals surface area contributed by atoms with Crippen molar-refractivity contribution in [3.63, 3.8) is 0 Å². The van der Waals surface area contributed by atoms with Gasteiger partial charge in [0.05, 0.1) is 24.9 Å². The average Bonchev–Trinajstić information content (AvgIpc) is 3.52. The quantitative estimate of drug-likeness (QED) is 0.108. The maximum absolute atomic E-state index is 13.7. The number of carbonyl (C=O) groups excluding carboxylic acids is 2. The first-order chi connectivity index (χ1) is 20.8. The van der Waals surface area contributed by atoms with E-state index in [1.165, 1.54) is 4.90 Å². The van der Waals surface area contributed by atoms with Crippen LogP contribution in [-0.2, 0) is 34.8 Å². The molecule has 2 bridgehead atoms. The number of ether oxygens (including phenoxy) is 4. The third-order valence-corrected chi connectivity index (χ3v) is 14.3. The van der Waals surface area contributed by atoms with Crippen LogP contribution < -0.4 is 0 Å². The van der Waals surface area contributed by atoms with E-state index < -0.39 is 31.7 Å². The second-order valence-electron chi connectivity index (χ2n) is 14.0. The first-order valence-electron chi connectivity index (χ1n) is 15.6. The van der Waals surface area contributed by atoms with Gasteiger partial charge in [-0.2, -0.15) is 0 Å². The third-order valence-electron chi connectivity index (χ3n) is 9.81. The van der Waals surface area contributed by atoms with E-state index in [1.54, 1.807) is 0 Å². The van der Waals surface area contributed by atoms with Crippen LogP contribution in [0.25, 0.3) is 0 Å². The first kappa shape index (κ1) is 32.6. The van der Waals surface area contributed by atoms with Crippen molar-refractivity contribution in [2.24, 2.45) is 5.92 Å². The van der Waals surface area contributed by atoms with Crippen LogP contribution in [-0.4, -0.2) is 62.5 Å². The van der Waals surface area contributed by atoms with Crippen LogP contribution >= 0.6 is 0 Å². The van der Waals surface area contributed by atoms with Crippen molar-refractivity contribution in [1.82, 2.24) is 4.90 Å². The smallest absolute Gasteiger partial charge is 0.417 e. The van der Waals surface area contributed by atoms with E-state index in [0.29, 0.717) is 26.1 Å². The van der Waals surface area contributed by atoms with Crippen LogP contribution in [0.1, 0.15) is 64.1 Å². The number of nitrogens with zero attached hydrogens (tertiary/aromatic N) is 1. The largest absolute Gasteiger partial charge is 0.446 e. The summed E-state index contributed by atoms with van der Waals surface area (Å²) in [6.07, 6.45) is 4.78. The summed E-state index contributed by atoms with van der Waals surface area (Å²) in [6, 6.07) is 19.1. The molecule has 0 spiro atoms. The first-order valence-corrected chi connectivity index (χ1v) is 18.6. The monoisotopic (exact) mass is 621 g/mol. The molecule has 2 aromatic rings. The van der Waals surface area contributed by atoms with Crippen molar-refractivity contribution in [2.75, 3.05) is 20.0 Å². The van der Waals surface area contributed by atoms with Gasteiger partial charge in [0.15, 0.2) is 8.32 Å². The van der Waals surface area contributed by atoms with Crippen LogP contribution in [0.4, 0.5) is 4.79 Å². The van der Waals surface area contributed by atoms with Crippen LogP contribution in [0.15, 0.2) is 72.8 Å². The Morgan fingerprint density at radius 2 is 1.73 bits per heavy atom. The maximum atomic E-state index is 13.7. The molecule has 3 aliphatic rings. The molecular formula is C35H47NO7Si. The fourth-order valence-corrected chi connectivity index (χ4v) is 7.08. The second kappa shape index (κ2) is 12.9. The molecule has 9 heteroatoms. The van der Waals surface area contributed by atoms with Gasteiger partial charge in [-0.25, -0.2) is 9.69 Å². The van der Waals surface area contributed by atoms with Crippen LogP contribution in [0, 0.1) is 5.92 Å². The minimum absolute atomic E-state index is 0.0538. The summed E-state index contributed by atoms with van der Waals surface area (Å²) >= 11 is 0. The summed E-state index contributed by atoms with van der Waals surface area (Å²) in [4.78, 5) is 27.7. The molecule has 0 saturated carbocycles. The maximum Gasteiger partial charge on any atom is 0.417 e. The lowest BCUT2D eigenvalue weighted by molar-refractivity contribution is -0.215. The van der Waals surface area contributed by atoms with E-state index in [-0.39, 0.29) is 42.8 Å². The Morgan fingerprint density at radius 1 is 1.05 bits per heavy atom. The van der Waals surface area contributed by atoms with Gasteiger partial charge in [0.1, 0.15) is 25.0 Å². The fraction of sp³-hybridized carbons (Fsp3) is 0.543. The molecule has 0 unspecified atom stereocenters. The van der Waals surface area contributed by atoms with Gasteiger partial charge in [-0.05, 0) is 35.2 Å². The highest BCUT2D eigenvalue weighted by atomic mass is 28.4. The molecule has 0 aromatic heterocycles. The summed E-state index contributed by atoms with van der Waals surface area (Å²) in [5.74, 6) is -0.507. The standard InChI is InChI=1S/C35H47NO7Si/c1-26(19-31(37)36-30(23-40-32(36)38)28-15-11-8-12-16-28)35-18-17-34(43-35,24-42-44(5,6)33(2,3)4)20-29(21-35)41-25-39-22-27-13-9-7-10-14-27/h7-18,26,29-30H,19-25H2,1-6H3/t26-,29-,30+,34+,35-/m1/s1. The zero-order valence-corrected chi connectivity index (χ0v) is 27.9. The Bertz CT molecular complexity index is 1330. The highest BCUT2D eigenvalue weighted by molar-refractivity contribution is 6.74. The molecule has 2 fully saturated rings. The average molecular weight is 622 g/mol. The molecular weight excluding hydrogens is 574 g/mol. The minimum Gasteiger partial charge on any atom is -0.446 e. The summed E-state index contributed by atoms with van der Waals surface area (Å²) in [6.45, 7) is 14.4. The lowest BCUT2D eigenvalue weighted by Crippen LogP contribution is -2.55. The molecule has 238 valence electrons. The van der Waals surface area contributed by atoms with Crippen molar-refractivity contribution in [3.8, 4) is 0 Å². The van der Waals surface area contributed by atoms with E-state index in [2.05, 4.69) is 46.0 Å². The lowest BCUT2D eigenvalue weighted by Gasteiger charge is -2.48. The van der Waals surface area contributed by atoms with Crippen molar-refractivity contribution in [2.45, 2.75) is 95.0 Å². The van der Waals surface area contributed by atoms with Gasteiger partial charge in [-0.3, -0.25) is 4.79 Å². The lowest BCUT2D eigenvalue weighted by atomic mass is 9.79. The van der Waals surface area contributed by atoms with E-state index in [4.69, 9.17) is 23.4 Å². The molecule has 5 rings (SSSR count). The molecule has 2 saturated heterocycles. The van der Waals surface area contributed by atoms with E-state index in [1.807, 2.05) is 67.6 Å². The van der Waals surface area contributed by atoms with Crippen molar-refractivity contribution in [3.05, 3.63) is 83.9 Å². The molecule has 0 radical (unpaired) electrons. The van der Waals surface area contributed by atoms with E-state index in [9.17, 15) is 9.59 Å². The zero-order valence-electron chi connectivity index (χ0n) is 26.9. The van der Waals surface area contributed by atoms with Gasteiger partial charge in [-0.1, -0.05) is 101 Å². The van der Waals surface area contributed by atoms with Gasteiger partial charge in [0.2, 0.25) is 5.91 Å². The second-order valence-corrected chi connectivity index (χ2v) is 18.8. The summed E-state index contributed by atoms with van der Waals surface area (Å²) in [7, 11) is -2.06. The number of imide groups is 1. The number of carbonyl (C=O) groups is 2. The molecule has 3 heterocycles. The predicted octanol–water partition coefficient (Wildman–Crippen LogP) is 7.17. The van der Waals surface area contributed by atoms with Crippen LogP contribution in [0.3, 0.4) is 0 Å². The predicted molar refractivity (Wildman–Crippen MR) is 170 cm³/mol. The molecule has 2 amide bonds. The SMILES string of the molecule is C[C@H](CC(=O)N1C(=O)OC[C@H]1c1ccccc1)[C@@]12C=C[C@@](CO[Si](C)(C)C(C)(C)C)(C[C@@H](OCOCc3ccccc3)C1)O2. The minimum atomic E-state index is -2.06. The molecule has 0 N–H and O–H groups in total. The Kier molecular flexibility index (Phi) is 9.54. The third kappa shape index (κ3) is 7.02. The normalized spacial score (nSPS) is 27.4. The number of fused-ring (bicyclic) bond motifs is 2. The molecule has 2 aromatic carbocycles. The van der Waals surface area contributed by atoms with E-state index in [0.717, 1.165) is 11.1 Å². The summed E-state index contributed by atoms with van der Waals surface area (Å²) in [5.41, 5.74) is 0.537. The number of rotatable bonds is 12. The number of hydrogen-bond acceptors (Lipinski definition) is 7. The van der Waals surface area contributed by atoms with Crippen molar-refractivity contribution in [1.29, 1.82) is 0 Å². The van der Waals surface area contributed by atoms with Gasteiger partial charge in [0, 0.05) is 19.3 Å². The Hall–Kier alpha value is -2.82. The highest BCUT2D eigenvalue weighted by Gasteiger charge is 2.56. The Morgan fingerprint density at radius 3 is 2.41 bits per heavy atom. The van der Waals surface area contributed by atoms with Gasteiger partial charge in [0.25, 0.3) is 0 Å². The molecule has 5 atom stereocenters. The summed E-state index contributed by atoms with van der Waals surface area (Å²) < 4.78 is 31.1. The molecule has 0 aliphatic carbocycles. The number of hydrogen-bond donors (Lipinski definition) is 0. The fourth-order valence-electron chi connectivity index (χ4n) is 6.04. The molecule has 8 nitrogen and oxygen atoms in total. The number of cyclic esters (lactones) is 1. The topological polar surface area (TPSA) is 83.5 Å². The highest BCUT2D eigenvalue weighted by Crippen LogP contribution is 2.50. The zero-order chi connectivity index (χ0) is 31.6. The van der Waals surface area contributed by atoms with Gasteiger partial charge >= 0.3 is 6.09 Å². The van der Waals surface area contributed by atoms with Crippen molar-refractivity contribution >= 4 is 20.3 Å². The molecule has 3 aliphatic heterocycles. The van der Waals surface area contributed by atoms with Crippen LogP contribution in [0.2, 0.25) is 18.1 Å². The summed E-state index contributed by atoms with van der Waals surface area (Å²) in [5, 5.41) is 0.0538. The van der Waals surface area contributed by atoms with Gasteiger partial charge in [-0.15, -0.1) is 0 Å². The van der Waals surface area contributed by atoms with E-state index >= 15 is 0 Å². The van der Waals surface area contributed by atoms with Crippen molar-refractivity contribution < 1.29 is 33.0 Å². The van der Waals surface area contributed by atoms with Gasteiger partial charge < -0.3 is 23.4 Å². The number of amides is 2. The molecule has 44 heavy (non-hydrogen) atoms. The number of benzene rings is 2. The Balaban J connectivity index is 1.30. The Labute approximate surface area is 262 Å².